The maximum absolute atomic E-state index is 13.6. The van der Waals surface area contributed by atoms with Gasteiger partial charge in [0.15, 0.2) is 4.80 Å². The molecule has 0 spiro atoms. The Kier molecular flexibility index (Phi) is 7.02. The molecule has 3 aromatic rings. The normalized spacial score (nSPS) is 15.8. The average Bonchev–Trinajstić information content (AvgIpc) is 3.08. The highest BCUT2D eigenvalue weighted by molar-refractivity contribution is 9.11. The molecular formula is C24H20Br2N2O4S. The maximum Gasteiger partial charge on any atom is 0.338 e. The van der Waals surface area contributed by atoms with E-state index in [-0.39, 0.29) is 12.2 Å². The molecular weight excluding hydrogens is 572 g/mol. The molecule has 6 nitrogen and oxygen atoms in total. The lowest BCUT2D eigenvalue weighted by atomic mass is 9.96. The van der Waals surface area contributed by atoms with Gasteiger partial charge < -0.3 is 9.47 Å². The van der Waals surface area contributed by atoms with Crippen molar-refractivity contribution in [3.8, 4) is 5.75 Å². The fourth-order valence-electron chi connectivity index (χ4n) is 3.79. The van der Waals surface area contributed by atoms with Crippen LogP contribution in [0.15, 0.2) is 72.5 Å². The summed E-state index contributed by atoms with van der Waals surface area (Å²) in [6, 6.07) is 12.6. The van der Waals surface area contributed by atoms with Crippen LogP contribution in [0.5, 0.6) is 5.75 Å². The average molecular weight is 592 g/mol. The second kappa shape index (κ2) is 9.79. The number of benzene rings is 2. The number of aromatic nitrogens is 1. The van der Waals surface area contributed by atoms with E-state index in [1.54, 1.807) is 31.6 Å². The fraction of sp³-hybridized carbons (Fsp3) is 0.208. The summed E-state index contributed by atoms with van der Waals surface area (Å²) >= 11 is 8.26. The highest BCUT2D eigenvalue weighted by atomic mass is 79.9. The number of carbonyl (C=O) groups excluding carboxylic acids is 1. The summed E-state index contributed by atoms with van der Waals surface area (Å²) < 4.78 is 14.5. The third-order valence-corrected chi connectivity index (χ3v) is 7.19. The van der Waals surface area contributed by atoms with Crippen LogP contribution in [0.1, 0.15) is 31.0 Å². The molecule has 1 atom stereocenters. The van der Waals surface area contributed by atoms with Crippen LogP contribution in [-0.2, 0) is 9.53 Å². The Morgan fingerprint density at radius 3 is 2.64 bits per heavy atom. The second-order valence-electron chi connectivity index (χ2n) is 7.22. The summed E-state index contributed by atoms with van der Waals surface area (Å²) in [4.78, 5) is 31.7. The van der Waals surface area contributed by atoms with Gasteiger partial charge in [0.1, 0.15) is 5.75 Å². The van der Waals surface area contributed by atoms with Crippen molar-refractivity contribution in [2.45, 2.75) is 19.9 Å². The molecule has 4 rings (SSSR count). The standard InChI is InChI=1S/C24H20Br2N2O4S/c1-4-32-23(30)19-13(2)27-24-28(20(19)14-8-6-5-7-9-14)22(29)18(33-24)11-15-10-16(25)12-17(26)21(15)31-3/h5-12,20H,4H2,1-3H3. The third-order valence-electron chi connectivity index (χ3n) is 5.16. The van der Waals surface area contributed by atoms with E-state index in [9.17, 15) is 9.59 Å². The number of methoxy groups -OCH3 is 1. The summed E-state index contributed by atoms with van der Waals surface area (Å²) in [5, 5.41) is 0. The number of ether oxygens (including phenoxy) is 2. The van der Waals surface area contributed by atoms with Crippen molar-refractivity contribution in [3.05, 3.63) is 93.5 Å². The zero-order chi connectivity index (χ0) is 23.7. The van der Waals surface area contributed by atoms with Crippen molar-refractivity contribution in [3.63, 3.8) is 0 Å². The molecule has 0 saturated heterocycles. The molecule has 0 saturated carbocycles. The van der Waals surface area contributed by atoms with E-state index in [2.05, 4.69) is 36.9 Å². The van der Waals surface area contributed by atoms with E-state index < -0.39 is 12.0 Å². The number of thiazole rings is 1. The molecule has 0 aliphatic carbocycles. The van der Waals surface area contributed by atoms with E-state index in [1.807, 2.05) is 42.5 Å². The highest BCUT2D eigenvalue weighted by Crippen LogP contribution is 2.33. The number of fused-ring (bicyclic) bond motifs is 1. The Labute approximate surface area is 211 Å². The predicted octanol–water partition coefficient (Wildman–Crippen LogP) is 4.33. The number of carbonyl (C=O) groups is 1. The van der Waals surface area contributed by atoms with Gasteiger partial charge in [0.25, 0.3) is 5.56 Å². The molecule has 0 bridgehead atoms. The van der Waals surface area contributed by atoms with Gasteiger partial charge >= 0.3 is 5.97 Å². The first-order chi connectivity index (χ1) is 15.8. The van der Waals surface area contributed by atoms with Crippen molar-refractivity contribution in [2.75, 3.05) is 13.7 Å². The summed E-state index contributed by atoms with van der Waals surface area (Å²) in [6.07, 6.45) is 1.78. The fourth-order valence-corrected chi connectivity index (χ4v) is 6.24. The van der Waals surface area contributed by atoms with Crippen LogP contribution < -0.4 is 19.6 Å². The molecule has 1 unspecified atom stereocenters. The molecule has 0 fully saturated rings. The number of allylic oxidation sites excluding steroid dienone is 1. The summed E-state index contributed by atoms with van der Waals surface area (Å²) in [5.74, 6) is 0.145. The van der Waals surface area contributed by atoms with Crippen LogP contribution in [0.2, 0.25) is 0 Å². The molecule has 170 valence electrons. The molecule has 1 aliphatic heterocycles. The Hall–Kier alpha value is -2.49. The SMILES string of the molecule is CCOC(=O)C1=C(C)N=c2sc(=Cc3cc(Br)cc(Br)c3OC)c(=O)n2C1c1ccccc1. The van der Waals surface area contributed by atoms with E-state index in [4.69, 9.17) is 9.47 Å². The largest absolute Gasteiger partial charge is 0.495 e. The molecule has 0 N–H and O–H groups in total. The van der Waals surface area contributed by atoms with Gasteiger partial charge in [-0.2, -0.15) is 0 Å². The van der Waals surface area contributed by atoms with Crippen LogP contribution in [-0.4, -0.2) is 24.3 Å². The first kappa shape index (κ1) is 23.7. The maximum atomic E-state index is 13.6. The Balaban J connectivity index is 1.98. The quantitative estimate of drug-likeness (QED) is 0.414. The van der Waals surface area contributed by atoms with Gasteiger partial charge in [-0.15, -0.1) is 0 Å². The Bertz CT molecular complexity index is 1440. The molecule has 0 amide bonds. The monoisotopic (exact) mass is 590 g/mol. The lowest BCUT2D eigenvalue weighted by Crippen LogP contribution is -2.39. The van der Waals surface area contributed by atoms with Crippen LogP contribution >= 0.6 is 43.2 Å². The van der Waals surface area contributed by atoms with Gasteiger partial charge in [-0.3, -0.25) is 9.36 Å². The minimum Gasteiger partial charge on any atom is -0.495 e. The summed E-state index contributed by atoms with van der Waals surface area (Å²) in [5.41, 5.74) is 2.22. The van der Waals surface area contributed by atoms with Gasteiger partial charge in [0, 0.05) is 10.0 Å². The zero-order valence-electron chi connectivity index (χ0n) is 18.1. The summed E-state index contributed by atoms with van der Waals surface area (Å²) in [7, 11) is 1.58. The van der Waals surface area contributed by atoms with Crippen molar-refractivity contribution >= 4 is 55.2 Å². The van der Waals surface area contributed by atoms with Gasteiger partial charge in [-0.1, -0.05) is 57.6 Å². The van der Waals surface area contributed by atoms with E-state index >= 15 is 0 Å². The van der Waals surface area contributed by atoms with Gasteiger partial charge in [0.2, 0.25) is 0 Å². The number of rotatable bonds is 5. The zero-order valence-corrected chi connectivity index (χ0v) is 22.1. The minimum atomic E-state index is -0.625. The van der Waals surface area contributed by atoms with Gasteiger partial charge in [-0.25, -0.2) is 9.79 Å². The Morgan fingerprint density at radius 2 is 1.97 bits per heavy atom. The summed E-state index contributed by atoms with van der Waals surface area (Å²) in [6.45, 7) is 3.76. The van der Waals surface area contributed by atoms with Crippen molar-refractivity contribution < 1.29 is 14.3 Å². The first-order valence-electron chi connectivity index (χ1n) is 10.1. The lowest BCUT2D eigenvalue weighted by molar-refractivity contribution is -0.139. The van der Waals surface area contributed by atoms with Gasteiger partial charge in [-0.05, 0) is 53.5 Å². The topological polar surface area (TPSA) is 69.9 Å². The molecule has 1 aromatic heterocycles. The lowest BCUT2D eigenvalue weighted by Gasteiger charge is -2.24. The predicted molar refractivity (Wildman–Crippen MR) is 135 cm³/mol. The van der Waals surface area contributed by atoms with E-state index in [1.165, 1.54) is 11.3 Å². The molecule has 9 heteroatoms. The highest BCUT2D eigenvalue weighted by Gasteiger charge is 2.33. The second-order valence-corrected chi connectivity index (χ2v) is 10.0. The van der Waals surface area contributed by atoms with E-state index in [0.717, 1.165) is 20.1 Å². The molecule has 2 aromatic carbocycles. The van der Waals surface area contributed by atoms with Crippen LogP contribution in [0.3, 0.4) is 0 Å². The number of nitrogens with zero attached hydrogens (tertiary/aromatic N) is 2. The molecule has 2 heterocycles. The number of hydrogen-bond donors (Lipinski definition) is 0. The minimum absolute atomic E-state index is 0.235. The number of halogens is 2. The molecule has 0 radical (unpaired) electrons. The van der Waals surface area contributed by atoms with Crippen molar-refractivity contribution in [2.24, 2.45) is 4.99 Å². The van der Waals surface area contributed by atoms with Crippen molar-refractivity contribution in [1.82, 2.24) is 4.57 Å². The van der Waals surface area contributed by atoms with E-state index in [0.29, 0.717) is 26.4 Å². The first-order valence-corrected chi connectivity index (χ1v) is 12.5. The smallest absolute Gasteiger partial charge is 0.338 e. The molecule has 33 heavy (non-hydrogen) atoms. The number of esters is 1. The number of hydrogen-bond acceptors (Lipinski definition) is 6. The molecule has 1 aliphatic rings. The van der Waals surface area contributed by atoms with Crippen molar-refractivity contribution in [1.29, 1.82) is 0 Å². The van der Waals surface area contributed by atoms with Crippen LogP contribution in [0, 0.1) is 0 Å². The van der Waals surface area contributed by atoms with Crippen LogP contribution in [0.25, 0.3) is 6.08 Å². The Morgan fingerprint density at radius 1 is 1.24 bits per heavy atom. The van der Waals surface area contributed by atoms with Gasteiger partial charge in [0.05, 0.1) is 40.0 Å². The third kappa shape index (κ3) is 4.49. The van der Waals surface area contributed by atoms with Crippen LogP contribution in [0.4, 0.5) is 0 Å².